The van der Waals surface area contributed by atoms with Gasteiger partial charge in [0.15, 0.2) is 0 Å². The monoisotopic (exact) mass is 381 g/mol. The predicted molar refractivity (Wildman–Crippen MR) is 106 cm³/mol. The molecule has 3 heterocycles. The molecule has 2 aliphatic rings. The molecule has 2 aromatic rings. The number of carbonyl (C=O) groups excluding carboxylic acids is 1. The third-order valence-corrected chi connectivity index (χ3v) is 5.58. The number of hydrogen-bond acceptors (Lipinski definition) is 5. The van der Waals surface area contributed by atoms with Crippen molar-refractivity contribution >= 4 is 52.5 Å². The minimum Gasteiger partial charge on any atom is -0.368 e. The van der Waals surface area contributed by atoms with Gasteiger partial charge in [0.1, 0.15) is 5.65 Å². The van der Waals surface area contributed by atoms with Gasteiger partial charge in [0.05, 0.1) is 16.8 Å². The van der Waals surface area contributed by atoms with Crippen LogP contribution in [-0.2, 0) is 4.79 Å². The van der Waals surface area contributed by atoms with Crippen LogP contribution in [0.1, 0.15) is 25.7 Å². The molecule has 0 unspecified atom stereocenters. The molecule has 6 nitrogen and oxygen atoms in total. The maximum Gasteiger partial charge on any atom is 0.227 e. The van der Waals surface area contributed by atoms with E-state index in [-0.39, 0.29) is 30.3 Å². The van der Waals surface area contributed by atoms with E-state index >= 15 is 0 Å². The number of anilines is 2. The SMILES string of the molecule is CSc1cnc2[nH]cc(NC(=O)C3CC3)c2c1N1CCC[C@@H](N)C1.Cl. The quantitative estimate of drug-likeness (QED) is 0.708. The number of nitrogens with two attached hydrogens (primary N) is 1. The molecule has 8 heteroatoms. The van der Waals surface area contributed by atoms with Gasteiger partial charge in [-0.15, -0.1) is 24.2 Å². The first-order valence-corrected chi connectivity index (χ1v) is 9.75. The Morgan fingerprint density at radius 1 is 1.44 bits per heavy atom. The lowest BCUT2D eigenvalue weighted by Gasteiger charge is -2.34. The van der Waals surface area contributed by atoms with Crippen molar-refractivity contribution in [1.29, 1.82) is 0 Å². The number of nitrogens with one attached hydrogen (secondary N) is 2. The maximum absolute atomic E-state index is 12.2. The van der Waals surface area contributed by atoms with Crippen molar-refractivity contribution in [1.82, 2.24) is 9.97 Å². The Hall–Kier alpha value is -1.44. The zero-order valence-corrected chi connectivity index (χ0v) is 15.9. The number of thioether (sulfide) groups is 1. The van der Waals surface area contributed by atoms with E-state index in [1.807, 2.05) is 12.4 Å². The smallest absolute Gasteiger partial charge is 0.227 e. The van der Waals surface area contributed by atoms with Crippen LogP contribution in [0, 0.1) is 5.92 Å². The number of carbonyl (C=O) groups is 1. The molecule has 2 fully saturated rings. The first-order valence-electron chi connectivity index (χ1n) is 8.53. The highest BCUT2D eigenvalue weighted by Gasteiger charge is 2.31. The summed E-state index contributed by atoms with van der Waals surface area (Å²) in [6, 6.07) is 0.195. The molecule has 1 atom stereocenters. The summed E-state index contributed by atoms with van der Waals surface area (Å²) >= 11 is 1.68. The number of nitrogens with zero attached hydrogens (tertiary/aromatic N) is 2. The van der Waals surface area contributed by atoms with Gasteiger partial charge in [-0.3, -0.25) is 4.79 Å². The summed E-state index contributed by atoms with van der Waals surface area (Å²) < 4.78 is 0. The molecule has 0 spiro atoms. The molecule has 1 amide bonds. The van der Waals surface area contributed by atoms with Gasteiger partial charge in [-0.25, -0.2) is 4.98 Å². The number of pyridine rings is 1. The molecular formula is C17H24ClN5OS. The van der Waals surface area contributed by atoms with Gasteiger partial charge in [0.2, 0.25) is 5.91 Å². The number of piperidine rings is 1. The Morgan fingerprint density at radius 2 is 2.24 bits per heavy atom. The van der Waals surface area contributed by atoms with E-state index in [0.29, 0.717) is 0 Å². The van der Waals surface area contributed by atoms with Crippen LogP contribution >= 0.6 is 24.2 Å². The van der Waals surface area contributed by atoms with Gasteiger partial charge in [-0.05, 0) is 31.9 Å². The van der Waals surface area contributed by atoms with Crippen molar-refractivity contribution in [2.75, 3.05) is 29.6 Å². The second-order valence-electron chi connectivity index (χ2n) is 6.71. The van der Waals surface area contributed by atoms with Crippen molar-refractivity contribution in [3.63, 3.8) is 0 Å². The van der Waals surface area contributed by atoms with E-state index in [4.69, 9.17) is 5.73 Å². The molecule has 1 aliphatic carbocycles. The lowest BCUT2D eigenvalue weighted by Crippen LogP contribution is -2.43. The molecule has 0 aromatic carbocycles. The number of rotatable bonds is 4. The summed E-state index contributed by atoms with van der Waals surface area (Å²) in [5, 5.41) is 4.10. The topological polar surface area (TPSA) is 87.0 Å². The van der Waals surface area contributed by atoms with Crippen molar-refractivity contribution in [3.05, 3.63) is 12.4 Å². The first kappa shape index (κ1) is 18.4. The summed E-state index contributed by atoms with van der Waals surface area (Å²) in [6.45, 7) is 1.83. The van der Waals surface area contributed by atoms with Crippen LogP contribution < -0.4 is 16.0 Å². The third-order valence-electron chi connectivity index (χ3n) is 4.84. The summed E-state index contributed by atoms with van der Waals surface area (Å²) in [7, 11) is 0. The van der Waals surface area contributed by atoms with E-state index in [9.17, 15) is 4.79 Å². The minimum atomic E-state index is 0. The Morgan fingerprint density at radius 3 is 2.92 bits per heavy atom. The number of aromatic amines is 1. The fourth-order valence-electron chi connectivity index (χ4n) is 3.42. The van der Waals surface area contributed by atoms with Crippen LogP contribution in [0.5, 0.6) is 0 Å². The fraction of sp³-hybridized carbons (Fsp3) is 0.529. The van der Waals surface area contributed by atoms with Gasteiger partial charge in [-0.2, -0.15) is 0 Å². The zero-order valence-electron chi connectivity index (χ0n) is 14.2. The average molecular weight is 382 g/mol. The van der Waals surface area contributed by atoms with Crippen LogP contribution in [0.2, 0.25) is 0 Å². The number of fused-ring (bicyclic) bond motifs is 1. The number of hydrogen-bond donors (Lipinski definition) is 3. The zero-order chi connectivity index (χ0) is 16.7. The fourth-order valence-corrected chi connectivity index (χ4v) is 4.00. The largest absolute Gasteiger partial charge is 0.368 e. The van der Waals surface area contributed by atoms with E-state index in [1.165, 1.54) is 0 Å². The highest BCUT2D eigenvalue weighted by atomic mass is 35.5. The van der Waals surface area contributed by atoms with E-state index in [2.05, 4.69) is 26.4 Å². The van der Waals surface area contributed by atoms with Crippen LogP contribution in [0.15, 0.2) is 17.3 Å². The average Bonchev–Trinajstić information content (AvgIpc) is 3.36. The molecule has 2 aromatic heterocycles. The number of aromatic nitrogens is 2. The van der Waals surface area contributed by atoms with Crippen molar-refractivity contribution in [2.45, 2.75) is 36.6 Å². The highest BCUT2D eigenvalue weighted by Crippen LogP contribution is 2.40. The molecule has 136 valence electrons. The molecule has 0 radical (unpaired) electrons. The lowest BCUT2D eigenvalue weighted by atomic mass is 10.1. The van der Waals surface area contributed by atoms with Crippen molar-refractivity contribution in [2.24, 2.45) is 11.7 Å². The molecule has 0 bridgehead atoms. The molecule has 4 rings (SSSR count). The molecule has 4 N–H and O–H groups in total. The maximum atomic E-state index is 12.2. The van der Waals surface area contributed by atoms with Gasteiger partial charge < -0.3 is 20.9 Å². The highest BCUT2D eigenvalue weighted by molar-refractivity contribution is 7.98. The van der Waals surface area contributed by atoms with E-state index < -0.39 is 0 Å². The van der Waals surface area contributed by atoms with Gasteiger partial charge in [0, 0.05) is 42.3 Å². The number of H-pyrrole nitrogens is 1. The Labute approximate surface area is 157 Å². The van der Waals surface area contributed by atoms with Crippen molar-refractivity contribution < 1.29 is 4.79 Å². The van der Waals surface area contributed by atoms with Gasteiger partial charge in [0.25, 0.3) is 0 Å². The lowest BCUT2D eigenvalue weighted by molar-refractivity contribution is -0.117. The molecular weight excluding hydrogens is 358 g/mol. The number of halogens is 1. The van der Waals surface area contributed by atoms with Crippen LogP contribution in [0.25, 0.3) is 11.0 Å². The summed E-state index contributed by atoms with van der Waals surface area (Å²) in [5.74, 6) is 0.297. The second-order valence-corrected chi connectivity index (χ2v) is 7.56. The van der Waals surface area contributed by atoms with Gasteiger partial charge in [-0.1, -0.05) is 0 Å². The number of amides is 1. The summed E-state index contributed by atoms with van der Waals surface area (Å²) in [5.41, 5.74) is 8.99. The first-order chi connectivity index (χ1) is 11.7. The molecule has 25 heavy (non-hydrogen) atoms. The van der Waals surface area contributed by atoms with E-state index in [0.717, 1.165) is 66.1 Å². The third kappa shape index (κ3) is 3.59. The van der Waals surface area contributed by atoms with Crippen LogP contribution in [0.3, 0.4) is 0 Å². The summed E-state index contributed by atoms with van der Waals surface area (Å²) in [6.07, 6.45) is 9.98. The van der Waals surface area contributed by atoms with E-state index in [1.54, 1.807) is 11.8 Å². The Bertz CT molecular complexity index is 776. The standard InChI is InChI=1S/C17H23N5OS.ClH/c1-24-13-8-20-16-14(15(13)22-6-2-3-11(18)9-22)12(7-19-16)21-17(23)10-4-5-10;/h7-8,10-11H,2-6,9,18H2,1H3,(H,19,20)(H,21,23);1H/t11-;/m1./s1. The predicted octanol–water partition coefficient (Wildman–Crippen LogP) is 2.98. The molecule has 1 saturated heterocycles. The Balaban J connectivity index is 0.00000182. The normalized spacial score (nSPS) is 20.4. The van der Waals surface area contributed by atoms with Crippen molar-refractivity contribution in [3.8, 4) is 0 Å². The molecule has 1 aliphatic heterocycles. The Kier molecular flexibility index (Phi) is 5.46. The molecule has 1 saturated carbocycles. The van der Waals surface area contributed by atoms with Gasteiger partial charge >= 0.3 is 0 Å². The second kappa shape index (κ2) is 7.43. The van der Waals surface area contributed by atoms with Crippen LogP contribution in [0.4, 0.5) is 11.4 Å². The minimum absolute atomic E-state index is 0. The summed E-state index contributed by atoms with van der Waals surface area (Å²) in [4.78, 5) is 23.4. The van der Waals surface area contributed by atoms with Crippen LogP contribution in [-0.4, -0.2) is 41.3 Å².